The average molecular weight is 279 g/mol. The van der Waals surface area contributed by atoms with Gasteiger partial charge in [-0.25, -0.2) is 4.98 Å². The maximum atomic E-state index is 9.96. The number of hydrogen-bond donors (Lipinski definition) is 1. The van der Waals surface area contributed by atoms with Crippen LogP contribution in [0.5, 0.6) is 5.75 Å². The number of aryl methyl sites for hydroxylation is 1. The summed E-state index contributed by atoms with van der Waals surface area (Å²) in [4.78, 5) is 6.06. The van der Waals surface area contributed by atoms with E-state index in [4.69, 9.17) is 4.98 Å². The first kappa shape index (κ1) is 11.7. The molecule has 2 nitrogen and oxygen atoms in total. The van der Waals surface area contributed by atoms with Crippen molar-refractivity contribution < 1.29 is 5.11 Å². The number of aromatic nitrogens is 1. The van der Waals surface area contributed by atoms with E-state index in [1.54, 1.807) is 17.4 Å². The molecule has 98 valence electrons. The fraction of sp³-hybridized carbons (Fsp3) is 0.118. The van der Waals surface area contributed by atoms with E-state index in [9.17, 15) is 5.11 Å². The zero-order valence-electron chi connectivity index (χ0n) is 11.1. The van der Waals surface area contributed by atoms with Crippen molar-refractivity contribution in [3.8, 4) is 27.6 Å². The summed E-state index contributed by atoms with van der Waals surface area (Å²) in [7, 11) is 0. The molecule has 0 saturated heterocycles. The third-order valence-corrected chi connectivity index (χ3v) is 4.79. The van der Waals surface area contributed by atoms with Crippen LogP contribution in [0.15, 0.2) is 42.5 Å². The van der Waals surface area contributed by atoms with E-state index in [1.807, 2.05) is 18.2 Å². The Hall–Kier alpha value is -2.13. The summed E-state index contributed by atoms with van der Waals surface area (Å²) in [5, 5.41) is 10.9. The monoisotopic (exact) mass is 279 g/mol. The molecule has 4 rings (SSSR count). The number of nitrogens with zero attached hydrogens (tertiary/aromatic N) is 1. The molecule has 1 aliphatic carbocycles. The van der Waals surface area contributed by atoms with Gasteiger partial charge in [0.05, 0.1) is 11.3 Å². The number of phenolic OH excluding ortho intramolecular Hbond substituents is 1. The van der Waals surface area contributed by atoms with Gasteiger partial charge in [-0.15, -0.1) is 11.3 Å². The number of thiazole rings is 1. The first-order valence-corrected chi connectivity index (χ1v) is 7.42. The fourth-order valence-electron chi connectivity index (χ4n) is 2.69. The predicted molar refractivity (Wildman–Crippen MR) is 82.2 cm³/mol. The molecule has 0 fully saturated rings. The molecule has 0 atom stereocenters. The Kier molecular flexibility index (Phi) is 2.44. The smallest absolute Gasteiger partial charge is 0.128 e. The largest absolute Gasteiger partial charge is 0.507 e. The molecule has 0 unspecified atom stereocenters. The quantitative estimate of drug-likeness (QED) is 0.560. The zero-order valence-corrected chi connectivity index (χ0v) is 11.9. The topological polar surface area (TPSA) is 33.1 Å². The van der Waals surface area contributed by atoms with Gasteiger partial charge in [-0.1, -0.05) is 29.8 Å². The Morgan fingerprint density at radius 2 is 1.95 bits per heavy atom. The highest BCUT2D eigenvalue weighted by Gasteiger charge is 2.24. The lowest BCUT2D eigenvalue weighted by molar-refractivity contribution is 0.477. The maximum Gasteiger partial charge on any atom is 0.128 e. The van der Waals surface area contributed by atoms with Crippen LogP contribution in [-0.2, 0) is 6.42 Å². The van der Waals surface area contributed by atoms with Crippen molar-refractivity contribution in [1.82, 2.24) is 4.98 Å². The van der Waals surface area contributed by atoms with Gasteiger partial charge >= 0.3 is 0 Å². The van der Waals surface area contributed by atoms with Gasteiger partial charge in [-0.2, -0.15) is 0 Å². The van der Waals surface area contributed by atoms with Gasteiger partial charge in [0.1, 0.15) is 10.8 Å². The average Bonchev–Trinajstić information content (AvgIpc) is 2.97. The van der Waals surface area contributed by atoms with Gasteiger partial charge in [0.25, 0.3) is 0 Å². The summed E-state index contributed by atoms with van der Waals surface area (Å²) < 4.78 is 0. The van der Waals surface area contributed by atoms with E-state index in [0.717, 1.165) is 22.7 Å². The molecule has 0 bridgehead atoms. The van der Waals surface area contributed by atoms with E-state index in [1.165, 1.54) is 21.6 Å². The highest BCUT2D eigenvalue weighted by atomic mass is 32.1. The van der Waals surface area contributed by atoms with Gasteiger partial charge in [0.2, 0.25) is 0 Å². The van der Waals surface area contributed by atoms with E-state index in [-0.39, 0.29) is 0 Å². The van der Waals surface area contributed by atoms with Gasteiger partial charge in [-0.3, -0.25) is 0 Å². The predicted octanol–water partition coefficient (Wildman–Crippen LogP) is 4.40. The Labute approximate surface area is 121 Å². The Morgan fingerprint density at radius 3 is 2.80 bits per heavy atom. The Balaban J connectivity index is 1.87. The summed E-state index contributed by atoms with van der Waals surface area (Å²) in [5.41, 5.74) is 5.77. The SMILES string of the molecule is Cc1ccc2c(c1)-c1nc(-c3ccccc3O)sc1C2. The summed E-state index contributed by atoms with van der Waals surface area (Å²) in [6.45, 7) is 2.11. The molecule has 2 aromatic carbocycles. The van der Waals surface area contributed by atoms with E-state index < -0.39 is 0 Å². The van der Waals surface area contributed by atoms with Crippen molar-refractivity contribution in [2.75, 3.05) is 0 Å². The van der Waals surface area contributed by atoms with Crippen molar-refractivity contribution in [1.29, 1.82) is 0 Å². The third kappa shape index (κ3) is 1.67. The van der Waals surface area contributed by atoms with E-state index >= 15 is 0 Å². The van der Waals surface area contributed by atoms with Gasteiger partial charge in [0, 0.05) is 16.9 Å². The van der Waals surface area contributed by atoms with Crippen LogP contribution in [0.3, 0.4) is 0 Å². The fourth-order valence-corrected chi connectivity index (χ4v) is 3.82. The number of phenols is 1. The van der Waals surface area contributed by atoms with Crippen LogP contribution in [0.25, 0.3) is 21.8 Å². The molecule has 0 amide bonds. The molecular weight excluding hydrogens is 266 g/mol. The summed E-state index contributed by atoms with van der Waals surface area (Å²) in [6.07, 6.45) is 0.955. The molecule has 1 N–H and O–H groups in total. The normalized spacial score (nSPS) is 12.2. The molecule has 1 aliphatic rings. The van der Waals surface area contributed by atoms with E-state index in [2.05, 4.69) is 25.1 Å². The molecular formula is C17H13NOS. The first-order valence-electron chi connectivity index (χ1n) is 6.60. The molecule has 0 aliphatic heterocycles. The van der Waals surface area contributed by atoms with Crippen LogP contribution in [0.2, 0.25) is 0 Å². The Bertz CT molecular complexity index is 820. The van der Waals surface area contributed by atoms with Crippen molar-refractivity contribution in [2.24, 2.45) is 0 Å². The second-order valence-electron chi connectivity index (χ2n) is 5.15. The molecule has 3 heteroatoms. The molecule has 20 heavy (non-hydrogen) atoms. The second kappa shape index (κ2) is 4.18. The molecule has 1 aromatic heterocycles. The highest BCUT2D eigenvalue weighted by molar-refractivity contribution is 7.15. The number of para-hydroxylation sites is 1. The van der Waals surface area contributed by atoms with Crippen LogP contribution >= 0.6 is 11.3 Å². The van der Waals surface area contributed by atoms with Crippen molar-refractivity contribution in [2.45, 2.75) is 13.3 Å². The standard InChI is InChI=1S/C17H13NOS/c1-10-6-7-11-9-15-16(13(11)8-10)18-17(20-15)12-4-2-3-5-14(12)19/h2-8,19H,9H2,1H3. The number of aromatic hydroxyl groups is 1. The van der Waals surface area contributed by atoms with Crippen LogP contribution < -0.4 is 0 Å². The highest BCUT2D eigenvalue weighted by Crippen LogP contribution is 2.43. The lowest BCUT2D eigenvalue weighted by Gasteiger charge is -2.02. The van der Waals surface area contributed by atoms with Crippen LogP contribution in [0.1, 0.15) is 16.0 Å². The zero-order chi connectivity index (χ0) is 13.7. The maximum absolute atomic E-state index is 9.96. The second-order valence-corrected chi connectivity index (χ2v) is 6.23. The lowest BCUT2D eigenvalue weighted by Crippen LogP contribution is -1.83. The van der Waals surface area contributed by atoms with Crippen molar-refractivity contribution >= 4 is 11.3 Å². The number of rotatable bonds is 1. The summed E-state index contributed by atoms with van der Waals surface area (Å²) in [6, 6.07) is 13.9. The van der Waals surface area contributed by atoms with Crippen LogP contribution in [-0.4, -0.2) is 10.1 Å². The minimum Gasteiger partial charge on any atom is -0.507 e. The number of fused-ring (bicyclic) bond motifs is 3. The molecule has 0 saturated carbocycles. The van der Waals surface area contributed by atoms with Gasteiger partial charge in [0.15, 0.2) is 0 Å². The first-order chi connectivity index (χ1) is 9.72. The molecule has 1 heterocycles. The van der Waals surface area contributed by atoms with Crippen molar-refractivity contribution in [3.05, 3.63) is 58.5 Å². The number of hydrogen-bond acceptors (Lipinski definition) is 3. The Morgan fingerprint density at radius 1 is 1.10 bits per heavy atom. The minimum absolute atomic E-state index is 0.296. The summed E-state index contributed by atoms with van der Waals surface area (Å²) in [5.74, 6) is 0.296. The lowest BCUT2D eigenvalue weighted by atomic mass is 10.1. The minimum atomic E-state index is 0.296. The van der Waals surface area contributed by atoms with Crippen LogP contribution in [0.4, 0.5) is 0 Å². The van der Waals surface area contributed by atoms with Crippen LogP contribution in [0, 0.1) is 6.92 Å². The molecule has 0 radical (unpaired) electrons. The molecule has 0 spiro atoms. The van der Waals surface area contributed by atoms with Gasteiger partial charge < -0.3 is 5.11 Å². The molecule has 3 aromatic rings. The summed E-state index contributed by atoms with van der Waals surface area (Å²) >= 11 is 1.68. The van der Waals surface area contributed by atoms with Gasteiger partial charge in [-0.05, 0) is 30.7 Å². The third-order valence-electron chi connectivity index (χ3n) is 3.70. The van der Waals surface area contributed by atoms with E-state index in [0.29, 0.717) is 5.75 Å². The number of benzene rings is 2. The van der Waals surface area contributed by atoms with Crippen molar-refractivity contribution in [3.63, 3.8) is 0 Å².